The first kappa shape index (κ1) is 26.3. The summed E-state index contributed by atoms with van der Waals surface area (Å²) in [5.74, 6) is 0.242. The number of ether oxygens (including phenoxy) is 1. The van der Waals surface area contributed by atoms with Gasteiger partial charge in [-0.2, -0.15) is 5.26 Å². The number of nitrogens with one attached hydrogen (secondary N) is 1. The van der Waals surface area contributed by atoms with Crippen LogP contribution in [0.2, 0.25) is 0 Å². The predicted octanol–water partition coefficient (Wildman–Crippen LogP) is 3.33. The minimum absolute atomic E-state index is 0. The summed E-state index contributed by atoms with van der Waals surface area (Å²) in [6.07, 6.45) is 1.82. The van der Waals surface area contributed by atoms with Crippen molar-refractivity contribution in [3.05, 3.63) is 46.9 Å². The number of halogens is 2. The van der Waals surface area contributed by atoms with E-state index in [0.717, 1.165) is 75.7 Å². The molecule has 0 bridgehead atoms. The number of hydrogen-bond acceptors (Lipinski definition) is 6. The third-order valence-corrected chi connectivity index (χ3v) is 5.18. The van der Waals surface area contributed by atoms with Gasteiger partial charge in [-0.1, -0.05) is 12.1 Å². The summed E-state index contributed by atoms with van der Waals surface area (Å²) >= 11 is 0. The van der Waals surface area contributed by atoms with Gasteiger partial charge in [-0.3, -0.25) is 4.90 Å². The first-order chi connectivity index (χ1) is 13.7. The van der Waals surface area contributed by atoms with Crippen LogP contribution in [-0.2, 0) is 11.2 Å². The third kappa shape index (κ3) is 7.82. The Morgan fingerprint density at radius 2 is 1.83 bits per heavy atom. The Morgan fingerprint density at radius 1 is 1.07 bits per heavy atom. The Bertz CT molecular complexity index is 835. The maximum Gasteiger partial charge on any atom is 0.232 e. The van der Waals surface area contributed by atoms with Crippen molar-refractivity contribution in [2.24, 2.45) is 0 Å². The molecule has 1 aliphatic heterocycles. The number of aryl methyl sites for hydroxylation is 3. The van der Waals surface area contributed by atoms with Crippen LogP contribution in [0.15, 0.2) is 24.3 Å². The number of nitrogens with zero attached hydrogens (tertiary/aromatic N) is 4. The quantitative estimate of drug-likeness (QED) is 0.620. The molecule has 1 saturated heterocycles. The first-order valence-corrected chi connectivity index (χ1v) is 10.0. The fourth-order valence-corrected chi connectivity index (χ4v) is 3.31. The van der Waals surface area contributed by atoms with Crippen molar-refractivity contribution in [2.75, 3.05) is 45.9 Å². The minimum atomic E-state index is 0. The lowest BCUT2D eigenvalue weighted by molar-refractivity contribution is 0.0384. The molecule has 0 saturated carbocycles. The SMILES string of the molecule is Cc1ccc(-c2cc(CCCNCCN3CCOCC3)nc(C#N)n2)cc1C.Cl.Cl. The molecule has 1 aromatic carbocycles. The second-order valence-electron chi connectivity index (χ2n) is 7.29. The van der Waals surface area contributed by atoms with Crippen molar-refractivity contribution in [3.8, 4) is 17.3 Å². The number of nitriles is 1. The van der Waals surface area contributed by atoms with Gasteiger partial charge in [0.15, 0.2) is 0 Å². The average Bonchev–Trinajstić information content (AvgIpc) is 2.73. The fourth-order valence-electron chi connectivity index (χ4n) is 3.31. The van der Waals surface area contributed by atoms with Gasteiger partial charge in [-0.15, -0.1) is 24.8 Å². The summed E-state index contributed by atoms with van der Waals surface area (Å²) in [4.78, 5) is 11.2. The second-order valence-corrected chi connectivity index (χ2v) is 7.29. The highest BCUT2D eigenvalue weighted by molar-refractivity contribution is 5.85. The molecule has 3 rings (SSSR count). The molecule has 0 atom stereocenters. The van der Waals surface area contributed by atoms with Crippen LogP contribution < -0.4 is 5.32 Å². The van der Waals surface area contributed by atoms with E-state index in [1.807, 2.05) is 6.07 Å². The van der Waals surface area contributed by atoms with Crippen LogP contribution in [0.4, 0.5) is 0 Å². The van der Waals surface area contributed by atoms with Gasteiger partial charge < -0.3 is 10.1 Å². The van der Waals surface area contributed by atoms with E-state index in [4.69, 9.17) is 4.74 Å². The maximum absolute atomic E-state index is 9.30. The Kier molecular flexibility index (Phi) is 11.9. The molecule has 1 fully saturated rings. The molecule has 0 radical (unpaired) electrons. The molecular formula is C22H31Cl2N5O. The van der Waals surface area contributed by atoms with Gasteiger partial charge in [0, 0.05) is 37.4 Å². The van der Waals surface area contributed by atoms with Crippen molar-refractivity contribution in [1.82, 2.24) is 20.2 Å². The summed E-state index contributed by atoms with van der Waals surface area (Å²) in [6.45, 7) is 10.9. The van der Waals surface area contributed by atoms with Crippen LogP contribution in [0.5, 0.6) is 0 Å². The average molecular weight is 452 g/mol. The lowest BCUT2D eigenvalue weighted by Crippen LogP contribution is -2.40. The molecule has 0 unspecified atom stereocenters. The van der Waals surface area contributed by atoms with Crippen LogP contribution in [0.1, 0.15) is 29.1 Å². The topological polar surface area (TPSA) is 74.1 Å². The van der Waals surface area contributed by atoms with E-state index in [-0.39, 0.29) is 30.6 Å². The highest BCUT2D eigenvalue weighted by Crippen LogP contribution is 2.21. The van der Waals surface area contributed by atoms with Crippen molar-refractivity contribution < 1.29 is 4.74 Å². The standard InChI is InChI=1S/C22H29N5O.2ClH/c1-17-5-6-19(14-18(17)2)21-15-20(25-22(16-23)26-21)4-3-7-24-8-9-27-10-12-28-13-11-27;;/h5-6,14-15,24H,3-4,7-13H2,1-2H3;2*1H. The van der Waals surface area contributed by atoms with Crippen molar-refractivity contribution in [2.45, 2.75) is 26.7 Å². The monoisotopic (exact) mass is 451 g/mol. The molecule has 0 spiro atoms. The van der Waals surface area contributed by atoms with E-state index in [9.17, 15) is 5.26 Å². The Hall–Kier alpha value is -1.75. The van der Waals surface area contributed by atoms with Gasteiger partial charge in [0.1, 0.15) is 6.07 Å². The largest absolute Gasteiger partial charge is 0.379 e. The number of rotatable bonds is 8. The Labute approximate surface area is 191 Å². The molecule has 1 aromatic heterocycles. The van der Waals surface area contributed by atoms with E-state index < -0.39 is 0 Å². The van der Waals surface area contributed by atoms with Crippen molar-refractivity contribution >= 4 is 24.8 Å². The van der Waals surface area contributed by atoms with E-state index in [1.54, 1.807) is 0 Å². The molecule has 2 aromatic rings. The molecule has 2 heterocycles. The van der Waals surface area contributed by atoms with Gasteiger partial charge in [-0.25, -0.2) is 9.97 Å². The zero-order valence-electron chi connectivity index (χ0n) is 17.7. The molecule has 0 aliphatic carbocycles. The smallest absolute Gasteiger partial charge is 0.232 e. The van der Waals surface area contributed by atoms with Crippen LogP contribution in [-0.4, -0.2) is 60.8 Å². The van der Waals surface area contributed by atoms with Crippen molar-refractivity contribution in [1.29, 1.82) is 5.26 Å². The Balaban J connectivity index is 0.00000225. The molecular weight excluding hydrogens is 421 g/mol. The Morgan fingerprint density at radius 3 is 2.53 bits per heavy atom. The molecule has 1 aliphatic rings. The van der Waals surface area contributed by atoms with Gasteiger partial charge in [0.2, 0.25) is 5.82 Å². The number of benzene rings is 1. The number of aromatic nitrogens is 2. The summed E-state index contributed by atoms with van der Waals surface area (Å²) in [7, 11) is 0. The molecule has 6 nitrogen and oxygen atoms in total. The maximum atomic E-state index is 9.30. The van der Waals surface area contributed by atoms with Gasteiger partial charge >= 0.3 is 0 Å². The van der Waals surface area contributed by atoms with Crippen LogP contribution in [0.3, 0.4) is 0 Å². The molecule has 8 heteroatoms. The van der Waals surface area contributed by atoms with Crippen molar-refractivity contribution in [3.63, 3.8) is 0 Å². The third-order valence-electron chi connectivity index (χ3n) is 5.18. The van der Waals surface area contributed by atoms with Crippen LogP contribution in [0.25, 0.3) is 11.3 Å². The highest BCUT2D eigenvalue weighted by Gasteiger charge is 2.10. The van der Waals surface area contributed by atoms with E-state index in [1.165, 1.54) is 11.1 Å². The summed E-state index contributed by atoms with van der Waals surface area (Å²) in [6, 6.07) is 10.4. The zero-order valence-corrected chi connectivity index (χ0v) is 19.3. The van der Waals surface area contributed by atoms with E-state index in [0.29, 0.717) is 0 Å². The minimum Gasteiger partial charge on any atom is -0.379 e. The summed E-state index contributed by atoms with van der Waals surface area (Å²) in [5, 5.41) is 12.8. The van der Waals surface area contributed by atoms with Gasteiger partial charge in [0.25, 0.3) is 0 Å². The lowest BCUT2D eigenvalue weighted by atomic mass is 10.0. The van der Waals surface area contributed by atoms with Gasteiger partial charge in [-0.05, 0) is 56.5 Å². The second kappa shape index (κ2) is 13.5. The van der Waals surface area contributed by atoms with Crippen LogP contribution in [0, 0.1) is 25.2 Å². The normalized spacial score (nSPS) is 13.8. The van der Waals surface area contributed by atoms with E-state index in [2.05, 4.69) is 58.3 Å². The number of morpholine rings is 1. The van der Waals surface area contributed by atoms with Crippen LogP contribution >= 0.6 is 24.8 Å². The molecule has 164 valence electrons. The summed E-state index contributed by atoms with van der Waals surface area (Å²) in [5.41, 5.74) is 5.26. The first-order valence-electron chi connectivity index (χ1n) is 10.0. The predicted molar refractivity (Wildman–Crippen MR) is 125 cm³/mol. The molecule has 1 N–H and O–H groups in total. The molecule has 30 heavy (non-hydrogen) atoms. The highest BCUT2D eigenvalue weighted by atomic mass is 35.5. The lowest BCUT2D eigenvalue weighted by Gasteiger charge is -2.26. The number of hydrogen-bond donors (Lipinski definition) is 1. The van der Waals surface area contributed by atoms with Gasteiger partial charge in [0.05, 0.1) is 18.9 Å². The fraction of sp³-hybridized carbons (Fsp3) is 0.500. The molecule has 0 amide bonds. The summed E-state index contributed by atoms with van der Waals surface area (Å²) < 4.78 is 5.37. The van der Waals surface area contributed by atoms with E-state index >= 15 is 0 Å². The zero-order chi connectivity index (χ0) is 19.8.